The predicted octanol–water partition coefficient (Wildman–Crippen LogP) is 12.3. The van der Waals surface area contributed by atoms with Crippen LogP contribution in [0.3, 0.4) is 0 Å². The van der Waals surface area contributed by atoms with Gasteiger partial charge in [0.25, 0.3) is 11.3 Å². The summed E-state index contributed by atoms with van der Waals surface area (Å²) in [6, 6.07) is 49.5. The number of hydrogen-bond donors (Lipinski definition) is 0. The van der Waals surface area contributed by atoms with Crippen molar-refractivity contribution in [1.82, 2.24) is 8.80 Å². The standard InChI is InChI=1S/C55H36N4O/c1-29-13-11-14-30(2)45(29)41-27-56-53-48-37(35-19-9-10-22-40(35)58(41)53)23-25-43-50(48)55(56)51-44(60-43)26-24-39-47-36-20-7-5-17-33(36)34-18-6-8-21-38(34)52(47)59-42(28-57(55)54(59)49(39)51)46-31(3)15-12-16-32(46)4/h5-28H,1-4H3/q+2. The molecular weight excluding hydrogens is 733 g/mol. The van der Waals surface area contributed by atoms with Crippen molar-refractivity contribution in [3.8, 4) is 34.0 Å². The van der Waals surface area contributed by atoms with Gasteiger partial charge < -0.3 is 4.74 Å². The van der Waals surface area contributed by atoms with Crippen molar-refractivity contribution in [3.05, 3.63) is 179 Å². The predicted molar refractivity (Wildman–Crippen MR) is 242 cm³/mol. The molecule has 5 heteroatoms. The molecule has 8 aromatic carbocycles. The molecule has 0 saturated carbocycles. The number of hydrogen-bond acceptors (Lipinski definition) is 1. The Balaban J connectivity index is 1.26. The van der Waals surface area contributed by atoms with Gasteiger partial charge in [0.05, 0.1) is 10.8 Å². The van der Waals surface area contributed by atoms with Gasteiger partial charge >= 0.3 is 5.66 Å². The highest BCUT2D eigenvalue weighted by Gasteiger charge is 2.66. The first-order chi connectivity index (χ1) is 29.5. The number of para-hydroxylation sites is 1. The highest BCUT2D eigenvalue weighted by Crippen LogP contribution is 2.59. The fraction of sp³-hybridized carbons (Fsp3) is 0.0909. The van der Waals surface area contributed by atoms with Gasteiger partial charge in [0.2, 0.25) is 0 Å². The van der Waals surface area contributed by atoms with E-state index < -0.39 is 5.66 Å². The van der Waals surface area contributed by atoms with Gasteiger partial charge in [-0.25, -0.2) is 0 Å². The molecule has 0 saturated heterocycles. The third-order valence-corrected chi connectivity index (χ3v) is 14.6. The number of aryl methyl sites for hydroxylation is 4. The molecule has 0 fully saturated rings. The molecule has 12 aromatic rings. The summed E-state index contributed by atoms with van der Waals surface area (Å²) in [5, 5.41) is 12.6. The fourth-order valence-corrected chi connectivity index (χ4v) is 12.4. The van der Waals surface area contributed by atoms with Gasteiger partial charge in [-0.15, -0.1) is 0 Å². The van der Waals surface area contributed by atoms with Gasteiger partial charge in [-0.3, -0.25) is 0 Å². The number of aromatic nitrogens is 4. The van der Waals surface area contributed by atoms with E-state index in [0.29, 0.717) is 0 Å². The normalized spacial score (nSPS) is 15.9. The number of ether oxygens (including phenoxy) is 1. The maximum Gasteiger partial charge on any atom is 0.315 e. The topological polar surface area (TPSA) is 25.8 Å². The molecule has 60 heavy (non-hydrogen) atoms. The van der Waals surface area contributed by atoms with Gasteiger partial charge in [0, 0.05) is 38.1 Å². The number of fused-ring (bicyclic) bond motifs is 11. The summed E-state index contributed by atoms with van der Waals surface area (Å²) in [6.45, 7) is 9.04. The lowest BCUT2D eigenvalue weighted by Crippen LogP contribution is -2.71. The third kappa shape index (κ3) is 3.24. The van der Waals surface area contributed by atoms with Crippen molar-refractivity contribution in [2.75, 3.05) is 0 Å². The summed E-state index contributed by atoms with van der Waals surface area (Å²) in [7, 11) is 0. The molecule has 3 aliphatic heterocycles. The van der Waals surface area contributed by atoms with Crippen molar-refractivity contribution in [2.24, 2.45) is 0 Å². The monoisotopic (exact) mass is 768 g/mol. The van der Waals surface area contributed by atoms with Crippen LogP contribution in [-0.4, -0.2) is 8.80 Å². The van der Waals surface area contributed by atoms with Gasteiger partial charge in [-0.1, -0.05) is 103 Å². The van der Waals surface area contributed by atoms with E-state index in [9.17, 15) is 0 Å². The number of pyridine rings is 2. The van der Waals surface area contributed by atoms with E-state index in [1.54, 1.807) is 0 Å². The summed E-state index contributed by atoms with van der Waals surface area (Å²) >= 11 is 0. The molecule has 0 radical (unpaired) electrons. The zero-order valence-corrected chi connectivity index (χ0v) is 33.6. The molecule has 280 valence electrons. The van der Waals surface area contributed by atoms with Crippen LogP contribution >= 0.6 is 0 Å². The second-order valence-electron chi connectivity index (χ2n) is 17.4. The van der Waals surface area contributed by atoms with E-state index in [1.807, 2.05) is 0 Å². The molecule has 0 amide bonds. The Bertz CT molecular complexity index is 4050. The molecule has 5 nitrogen and oxygen atoms in total. The van der Waals surface area contributed by atoms with Crippen molar-refractivity contribution in [1.29, 1.82) is 0 Å². The molecule has 4 aromatic heterocycles. The third-order valence-electron chi connectivity index (χ3n) is 14.6. The van der Waals surface area contributed by atoms with E-state index in [0.717, 1.165) is 11.5 Å². The number of rotatable bonds is 2. The Kier molecular flexibility index (Phi) is 5.35. The van der Waals surface area contributed by atoms with Gasteiger partial charge in [-0.2, -0.15) is 17.9 Å². The molecule has 0 aliphatic carbocycles. The summed E-state index contributed by atoms with van der Waals surface area (Å²) in [4.78, 5) is 0. The number of imidazole rings is 2. The van der Waals surface area contributed by atoms with Crippen molar-refractivity contribution >= 4 is 76.2 Å². The van der Waals surface area contributed by atoms with Crippen LogP contribution in [0.2, 0.25) is 0 Å². The van der Waals surface area contributed by atoms with Crippen LogP contribution in [0.5, 0.6) is 11.5 Å². The van der Waals surface area contributed by atoms with E-state index in [2.05, 4.69) is 191 Å². The second kappa shape index (κ2) is 10.2. The van der Waals surface area contributed by atoms with Crippen LogP contribution in [0.4, 0.5) is 0 Å². The molecule has 0 N–H and O–H groups in total. The minimum atomic E-state index is -0.771. The fourth-order valence-electron chi connectivity index (χ4n) is 12.4. The lowest BCUT2D eigenvalue weighted by molar-refractivity contribution is -0.944. The minimum Gasteiger partial charge on any atom is -0.456 e. The van der Waals surface area contributed by atoms with Gasteiger partial charge in [-0.05, 0) is 96.4 Å². The molecular formula is C55H36N4O+2. The van der Waals surface area contributed by atoms with Crippen molar-refractivity contribution in [3.63, 3.8) is 0 Å². The molecule has 15 rings (SSSR count). The highest BCUT2D eigenvalue weighted by atomic mass is 16.5. The average molecular weight is 769 g/mol. The van der Waals surface area contributed by atoms with E-state index in [1.165, 1.54) is 132 Å². The largest absolute Gasteiger partial charge is 0.456 e. The quantitative estimate of drug-likeness (QED) is 0.127. The number of benzene rings is 8. The Morgan fingerprint density at radius 3 is 1.52 bits per heavy atom. The first kappa shape index (κ1) is 31.5. The van der Waals surface area contributed by atoms with Gasteiger partial charge in [0.1, 0.15) is 46.1 Å². The zero-order chi connectivity index (χ0) is 39.5. The molecule has 1 unspecified atom stereocenters. The van der Waals surface area contributed by atoms with Crippen LogP contribution in [-0.2, 0) is 5.66 Å². The number of nitrogens with zero attached hydrogens (tertiary/aromatic N) is 4. The summed E-state index contributed by atoms with van der Waals surface area (Å²) in [6.07, 6.45) is 4.96. The Labute approximate surface area is 344 Å². The lowest BCUT2D eigenvalue weighted by Gasteiger charge is -2.30. The SMILES string of the molecule is Cc1cccc(C)c1-c1c[n+]2c3c4c5c(ccc4c4ccccc4n13)Oc1ccc3c4c1C52[n+]1cc(-c2c(C)cccc2C)n(c2c5ccccc5c5ccccc5c32)c41. The molecule has 7 heterocycles. The highest BCUT2D eigenvalue weighted by molar-refractivity contribution is 6.32. The Morgan fingerprint density at radius 2 is 0.883 bits per heavy atom. The Morgan fingerprint density at radius 1 is 0.417 bits per heavy atom. The van der Waals surface area contributed by atoms with Crippen LogP contribution in [0.25, 0.3) is 98.7 Å². The first-order valence-electron chi connectivity index (χ1n) is 21.0. The maximum absolute atomic E-state index is 7.19. The van der Waals surface area contributed by atoms with Crippen LogP contribution in [0.15, 0.2) is 146 Å². The summed E-state index contributed by atoms with van der Waals surface area (Å²) in [5.41, 5.74) is 16.5. The van der Waals surface area contributed by atoms with Crippen molar-refractivity contribution in [2.45, 2.75) is 33.4 Å². The molecule has 0 bridgehead atoms. The average Bonchev–Trinajstić information content (AvgIpc) is 4.01. The van der Waals surface area contributed by atoms with E-state index >= 15 is 0 Å². The molecule has 1 spiro atoms. The zero-order valence-electron chi connectivity index (χ0n) is 33.6. The minimum absolute atomic E-state index is 0.771. The first-order valence-corrected chi connectivity index (χ1v) is 21.0. The summed E-state index contributed by atoms with van der Waals surface area (Å²) in [5.74, 6) is 1.83. The smallest absolute Gasteiger partial charge is 0.315 e. The lowest BCUT2D eigenvalue weighted by atomic mass is 9.84. The Hall–Kier alpha value is -7.50. The van der Waals surface area contributed by atoms with E-state index in [-0.39, 0.29) is 0 Å². The van der Waals surface area contributed by atoms with Crippen LogP contribution in [0, 0.1) is 27.7 Å². The van der Waals surface area contributed by atoms with Crippen molar-refractivity contribution < 1.29 is 13.9 Å². The van der Waals surface area contributed by atoms with E-state index in [4.69, 9.17) is 4.74 Å². The van der Waals surface area contributed by atoms with Gasteiger partial charge in [0.15, 0.2) is 11.4 Å². The molecule has 1 atom stereocenters. The molecule has 3 aliphatic rings. The van der Waals surface area contributed by atoms with Crippen LogP contribution < -0.4 is 13.9 Å². The van der Waals surface area contributed by atoms with Crippen LogP contribution in [0.1, 0.15) is 33.4 Å². The summed E-state index contributed by atoms with van der Waals surface area (Å²) < 4.78 is 17.7. The maximum atomic E-state index is 7.19. The second-order valence-corrected chi connectivity index (χ2v) is 17.4.